The van der Waals surface area contributed by atoms with Gasteiger partial charge >= 0.3 is 0 Å². The average Bonchev–Trinajstić information content (AvgIpc) is 2.53. The molecule has 0 bridgehead atoms. The van der Waals surface area contributed by atoms with Crippen LogP contribution in [-0.4, -0.2) is 35.8 Å². The molecule has 1 heterocycles. The Kier molecular flexibility index (Phi) is 3.60. The third-order valence-electron chi connectivity index (χ3n) is 4.00. The van der Waals surface area contributed by atoms with Crippen LogP contribution in [0.3, 0.4) is 0 Å². The van der Waals surface area contributed by atoms with Gasteiger partial charge < -0.3 is 10.2 Å². The number of hydrogen-bond acceptors (Lipinski definition) is 2. The van der Waals surface area contributed by atoms with E-state index in [-0.39, 0.29) is 17.9 Å². The molecule has 3 rings (SSSR count). The van der Waals surface area contributed by atoms with Gasteiger partial charge in [0.15, 0.2) is 0 Å². The predicted molar refractivity (Wildman–Crippen MR) is 82.1 cm³/mol. The molecule has 21 heavy (non-hydrogen) atoms. The van der Waals surface area contributed by atoms with Crippen LogP contribution in [0.25, 0.3) is 10.8 Å². The summed E-state index contributed by atoms with van der Waals surface area (Å²) in [5.41, 5.74) is 0.668. The van der Waals surface area contributed by atoms with Crippen LogP contribution in [0.4, 0.5) is 0 Å². The molecule has 1 fully saturated rings. The first-order valence-corrected chi connectivity index (χ1v) is 7.29. The lowest BCUT2D eigenvalue weighted by atomic mass is 10.0. The van der Waals surface area contributed by atoms with Crippen LogP contribution in [0, 0.1) is 0 Å². The zero-order chi connectivity index (χ0) is 14.8. The van der Waals surface area contributed by atoms with Gasteiger partial charge in [-0.25, -0.2) is 0 Å². The summed E-state index contributed by atoms with van der Waals surface area (Å²) in [5.74, 6) is -0.120. The Morgan fingerprint density at radius 3 is 2.81 bits per heavy atom. The molecule has 1 aliphatic heterocycles. The van der Waals surface area contributed by atoms with Crippen LogP contribution in [0.2, 0.25) is 0 Å². The van der Waals surface area contributed by atoms with Crippen molar-refractivity contribution in [3.8, 4) is 0 Å². The molecular weight excluding hydrogens is 264 g/mol. The number of carbonyl (C=O) groups is 2. The highest BCUT2D eigenvalue weighted by molar-refractivity contribution is 6.08. The molecule has 108 valence electrons. The molecule has 4 heteroatoms. The number of fused-ring (bicyclic) bond motifs is 1. The second-order valence-electron chi connectivity index (χ2n) is 5.24. The second kappa shape index (κ2) is 5.56. The molecule has 0 spiro atoms. The van der Waals surface area contributed by atoms with E-state index in [9.17, 15) is 9.59 Å². The molecule has 1 atom stereocenters. The Balaban J connectivity index is 2.02. The third kappa shape index (κ3) is 2.37. The maximum absolute atomic E-state index is 12.9. The molecule has 1 N–H and O–H groups in total. The van der Waals surface area contributed by atoms with E-state index in [1.54, 1.807) is 4.90 Å². The number of nitrogens with one attached hydrogen (secondary N) is 1. The highest BCUT2D eigenvalue weighted by Crippen LogP contribution is 2.22. The van der Waals surface area contributed by atoms with Crippen molar-refractivity contribution in [3.63, 3.8) is 0 Å². The summed E-state index contributed by atoms with van der Waals surface area (Å²) in [6.45, 7) is 3.01. The number of rotatable bonds is 2. The molecule has 0 radical (unpaired) electrons. The summed E-state index contributed by atoms with van der Waals surface area (Å²) in [6.07, 6.45) is 0.627. The van der Waals surface area contributed by atoms with Gasteiger partial charge in [0.05, 0.1) is 0 Å². The summed E-state index contributed by atoms with van der Waals surface area (Å²) < 4.78 is 0. The van der Waals surface area contributed by atoms with Crippen molar-refractivity contribution in [2.24, 2.45) is 0 Å². The quantitative estimate of drug-likeness (QED) is 0.918. The minimum atomic E-state index is -0.370. The summed E-state index contributed by atoms with van der Waals surface area (Å²) in [5, 5.41) is 4.80. The number of carbonyl (C=O) groups excluding carboxylic acids is 2. The van der Waals surface area contributed by atoms with Crippen LogP contribution < -0.4 is 5.32 Å². The van der Waals surface area contributed by atoms with Crippen LogP contribution in [-0.2, 0) is 4.79 Å². The standard InChI is InChI=1S/C17H18N2O2/c1-2-15-16(20)18-10-11-19(15)17(21)14-9-5-7-12-6-3-4-8-13(12)14/h3-9,15H,2,10-11H2,1H3,(H,18,20). The fraction of sp³-hybridized carbons (Fsp3) is 0.294. The van der Waals surface area contributed by atoms with Crippen molar-refractivity contribution in [1.29, 1.82) is 0 Å². The first-order valence-electron chi connectivity index (χ1n) is 7.29. The lowest BCUT2D eigenvalue weighted by molar-refractivity contribution is -0.127. The molecule has 1 saturated heterocycles. The lowest BCUT2D eigenvalue weighted by Crippen LogP contribution is -2.56. The van der Waals surface area contributed by atoms with Crippen molar-refractivity contribution in [2.75, 3.05) is 13.1 Å². The Morgan fingerprint density at radius 1 is 1.24 bits per heavy atom. The van der Waals surface area contributed by atoms with E-state index in [2.05, 4.69) is 5.32 Å². The monoisotopic (exact) mass is 282 g/mol. The minimum Gasteiger partial charge on any atom is -0.353 e. The largest absolute Gasteiger partial charge is 0.353 e. The number of piperazine rings is 1. The van der Waals surface area contributed by atoms with Crippen molar-refractivity contribution in [2.45, 2.75) is 19.4 Å². The van der Waals surface area contributed by atoms with E-state index in [1.165, 1.54) is 0 Å². The zero-order valence-electron chi connectivity index (χ0n) is 12.0. The molecule has 1 unspecified atom stereocenters. The van der Waals surface area contributed by atoms with E-state index in [0.29, 0.717) is 25.1 Å². The van der Waals surface area contributed by atoms with Gasteiger partial charge in [-0.3, -0.25) is 9.59 Å². The maximum atomic E-state index is 12.9. The summed E-state index contributed by atoms with van der Waals surface area (Å²) in [7, 11) is 0. The molecule has 1 aliphatic rings. The zero-order valence-corrected chi connectivity index (χ0v) is 12.0. The fourth-order valence-electron chi connectivity index (χ4n) is 2.93. The second-order valence-corrected chi connectivity index (χ2v) is 5.24. The summed E-state index contributed by atoms with van der Waals surface area (Å²) >= 11 is 0. The topological polar surface area (TPSA) is 49.4 Å². The van der Waals surface area contributed by atoms with E-state index in [1.807, 2.05) is 49.4 Å². The highest BCUT2D eigenvalue weighted by Gasteiger charge is 2.32. The molecule has 0 saturated carbocycles. The first-order chi connectivity index (χ1) is 10.2. The maximum Gasteiger partial charge on any atom is 0.255 e. The van der Waals surface area contributed by atoms with Crippen molar-refractivity contribution >= 4 is 22.6 Å². The predicted octanol–water partition coefficient (Wildman–Crippen LogP) is 2.19. The van der Waals surface area contributed by atoms with E-state index in [4.69, 9.17) is 0 Å². The number of hydrogen-bond donors (Lipinski definition) is 1. The SMILES string of the molecule is CCC1C(=O)NCCN1C(=O)c1cccc2ccccc12. The Morgan fingerprint density at radius 2 is 2.00 bits per heavy atom. The highest BCUT2D eigenvalue weighted by atomic mass is 16.2. The van der Waals surface area contributed by atoms with Gasteiger partial charge in [0.25, 0.3) is 5.91 Å². The Bertz CT molecular complexity index is 691. The van der Waals surface area contributed by atoms with Gasteiger partial charge in [-0.2, -0.15) is 0 Å². The normalized spacial score (nSPS) is 18.6. The number of benzene rings is 2. The fourth-order valence-corrected chi connectivity index (χ4v) is 2.93. The van der Waals surface area contributed by atoms with Gasteiger partial charge in [0, 0.05) is 18.7 Å². The molecule has 4 nitrogen and oxygen atoms in total. The van der Waals surface area contributed by atoms with Crippen LogP contribution in [0.5, 0.6) is 0 Å². The Hall–Kier alpha value is -2.36. The van der Waals surface area contributed by atoms with Gasteiger partial charge in [-0.15, -0.1) is 0 Å². The van der Waals surface area contributed by atoms with Gasteiger partial charge in [-0.1, -0.05) is 43.3 Å². The van der Waals surface area contributed by atoms with Crippen molar-refractivity contribution in [3.05, 3.63) is 48.0 Å². The average molecular weight is 282 g/mol. The van der Waals surface area contributed by atoms with E-state index >= 15 is 0 Å². The molecular formula is C17H18N2O2. The molecule has 0 aromatic heterocycles. The lowest BCUT2D eigenvalue weighted by Gasteiger charge is -2.34. The van der Waals surface area contributed by atoms with Crippen molar-refractivity contribution < 1.29 is 9.59 Å². The van der Waals surface area contributed by atoms with Gasteiger partial charge in [-0.05, 0) is 23.3 Å². The molecule has 2 amide bonds. The van der Waals surface area contributed by atoms with E-state index in [0.717, 1.165) is 10.8 Å². The van der Waals surface area contributed by atoms with Gasteiger partial charge in [0.1, 0.15) is 6.04 Å². The third-order valence-corrected chi connectivity index (χ3v) is 4.00. The summed E-state index contributed by atoms with van der Waals surface area (Å²) in [6, 6.07) is 13.2. The summed E-state index contributed by atoms with van der Waals surface area (Å²) in [4.78, 5) is 26.5. The van der Waals surface area contributed by atoms with Gasteiger partial charge in [0.2, 0.25) is 5.91 Å². The molecule has 2 aromatic carbocycles. The minimum absolute atomic E-state index is 0.0580. The van der Waals surface area contributed by atoms with Crippen LogP contribution in [0.15, 0.2) is 42.5 Å². The van der Waals surface area contributed by atoms with Crippen LogP contribution in [0.1, 0.15) is 23.7 Å². The number of nitrogens with zero attached hydrogens (tertiary/aromatic N) is 1. The number of amides is 2. The smallest absolute Gasteiger partial charge is 0.255 e. The Labute approximate surface area is 123 Å². The molecule has 0 aliphatic carbocycles. The first kappa shape index (κ1) is 13.6. The van der Waals surface area contributed by atoms with Crippen LogP contribution >= 0.6 is 0 Å². The van der Waals surface area contributed by atoms with Crippen molar-refractivity contribution in [1.82, 2.24) is 10.2 Å². The van der Waals surface area contributed by atoms with E-state index < -0.39 is 0 Å². The molecule has 2 aromatic rings.